The number of nitrogens with one attached hydrogen (secondary N) is 1. The highest BCUT2D eigenvalue weighted by atomic mass is 16.5. The highest BCUT2D eigenvalue weighted by Crippen LogP contribution is 2.46. The smallest absolute Gasteiger partial charge is 0.330 e. The average Bonchev–Trinajstić information content (AvgIpc) is 2.94. The molecule has 5 rings (SSSR count). The Bertz CT molecular complexity index is 1150. The van der Waals surface area contributed by atoms with Crippen LogP contribution in [0.1, 0.15) is 46.0 Å². The van der Waals surface area contributed by atoms with E-state index in [4.69, 9.17) is 4.74 Å². The molecule has 1 aliphatic heterocycles. The van der Waals surface area contributed by atoms with Crippen LogP contribution in [0, 0.1) is 11.3 Å². The number of benzene rings is 2. The molecular weight excluding hydrogens is 424 g/mol. The van der Waals surface area contributed by atoms with Gasteiger partial charge >= 0.3 is 5.97 Å². The molecule has 0 bridgehead atoms. The molecule has 176 valence electrons. The molecule has 0 amide bonds. The Labute approximate surface area is 201 Å². The topological polar surface area (TPSA) is 58.6 Å². The fourth-order valence-electron chi connectivity index (χ4n) is 5.66. The van der Waals surface area contributed by atoms with E-state index in [9.17, 15) is 9.59 Å². The molecule has 34 heavy (non-hydrogen) atoms. The largest absolute Gasteiger partial charge is 0.425 e. The molecule has 0 radical (unpaired) electrons. The van der Waals surface area contributed by atoms with Gasteiger partial charge in [-0.05, 0) is 61.3 Å². The zero-order chi connectivity index (χ0) is 23.7. The molecule has 5 heteroatoms. The van der Waals surface area contributed by atoms with E-state index in [2.05, 4.69) is 36.2 Å². The molecule has 0 fully saturated rings. The summed E-state index contributed by atoms with van der Waals surface area (Å²) in [6, 6.07) is 17.0. The third kappa shape index (κ3) is 4.52. The standard InChI is InChI=1S/C29H32N2O3/c1-29(2)17-23-27(25(32)18-29)28(20-11-5-3-6-12-20)31(24-16-10-9-15-22(24)30-23)19-26(33)34-21-13-7-4-8-14-21/h3-5,7-10,13-16,20,28,30H,6,11-12,17-19H2,1-2H3/t20-,28+/m1/s1. The number of ketones is 1. The number of carbonyl (C=O) groups excluding carboxylic acids is 2. The van der Waals surface area contributed by atoms with E-state index >= 15 is 0 Å². The molecule has 3 aliphatic rings. The highest BCUT2D eigenvalue weighted by Gasteiger charge is 2.44. The van der Waals surface area contributed by atoms with Gasteiger partial charge in [0.25, 0.3) is 0 Å². The van der Waals surface area contributed by atoms with Crippen LogP contribution in [0.25, 0.3) is 0 Å². The number of carbonyl (C=O) groups is 2. The lowest BCUT2D eigenvalue weighted by Crippen LogP contribution is -2.48. The fourth-order valence-corrected chi connectivity index (χ4v) is 5.66. The Balaban J connectivity index is 1.59. The Morgan fingerprint density at radius 2 is 1.82 bits per heavy atom. The van der Waals surface area contributed by atoms with Gasteiger partial charge in [-0.1, -0.05) is 56.3 Å². The molecule has 0 unspecified atom stereocenters. The van der Waals surface area contributed by atoms with Crippen molar-refractivity contribution in [2.45, 2.75) is 52.0 Å². The third-order valence-electron chi connectivity index (χ3n) is 7.08. The van der Waals surface area contributed by atoms with Crippen LogP contribution in [0.5, 0.6) is 5.75 Å². The summed E-state index contributed by atoms with van der Waals surface area (Å²) < 4.78 is 5.69. The summed E-state index contributed by atoms with van der Waals surface area (Å²) in [5, 5.41) is 3.62. The van der Waals surface area contributed by atoms with E-state index in [1.807, 2.05) is 42.5 Å². The van der Waals surface area contributed by atoms with E-state index in [1.165, 1.54) is 0 Å². The number of hydrogen-bond donors (Lipinski definition) is 1. The van der Waals surface area contributed by atoms with E-state index in [-0.39, 0.29) is 35.7 Å². The van der Waals surface area contributed by atoms with Crippen molar-refractivity contribution < 1.29 is 14.3 Å². The van der Waals surface area contributed by atoms with Gasteiger partial charge in [-0.15, -0.1) is 0 Å². The zero-order valence-electron chi connectivity index (χ0n) is 19.9. The first-order valence-corrected chi connectivity index (χ1v) is 12.2. The SMILES string of the molecule is CC1(C)CC(=O)C2=C(C1)Nc1ccccc1N(CC(=O)Oc1ccccc1)[C@H]2[C@@H]1CC=CCC1. The number of hydrogen-bond acceptors (Lipinski definition) is 5. The first-order chi connectivity index (χ1) is 16.4. The predicted octanol–water partition coefficient (Wildman–Crippen LogP) is 5.89. The van der Waals surface area contributed by atoms with Gasteiger partial charge in [0.2, 0.25) is 0 Å². The van der Waals surface area contributed by atoms with E-state index < -0.39 is 0 Å². The number of rotatable bonds is 4. The zero-order valence-corrected chi connectivity index (χ0v) is 19.9. The lowest BCUT2D eigenvalue weighted by Gasteiger charge is -2.41. The van der Waals surface area contributed by atoms with E-state index in [0.29, 0.717) is 12.2 Å². The van der Waals surface area contributed by atoms with Crippen LogP contribution < -0.4 is 15.0 Å². The second-order valence-corrected chi connectivity index (χ2v) is 10.4. The summed E-state index contributed by atoms with van der Waals surface area (Å²) >= 11 is 0. The number of fused-ring (bicyclic) bond motifs is 1. The van der Waals surface area contributed by atoms with Crippen LogP contribution in [-0.2, 0) is 9.59 Å². The maximum atomic E-state index is 13.7. The monoisotopic (exact) mass is 456 g/mol. The van der Waals surface area contributed by atoms with Gasteiger partial charge in [-0.2, -0.15) is 0 Å². The predicted molar refractivity (Wildman–Crippen MR) is 135 cm³/mol. The minimum absolute atomic E-state index is 0.0753. The van der Waals surface area contributed by atoms with Crippen molar-refractivity contribution in [3.63, 3.8) is 0 Å². The van der Waals surface area contributed by atoms with Crippen molar-refractivity contribution in [2.75, 3.05) is 16.8 Å². The number of para-hydroxylation sites is 3. The lowest BCUT2D eigenvalue weighted by molar-refractivity contribution is -0.133. The van der Waals surface area contributed by atoms with Crippen molar-refractivity contribution in [2.24, 2.45) is 11.3 Å². The number of esters is 1. The number of Topliss-reactive ketones (excluding diaryl/α,β-unsaturated/α-hetero) is 1. The van der Waals surface area contributed by atoms with Crippen molar-refractivity contribution >= 4 is 23.1 Å². The lowest BCUT2D eigenvalue weighted by atomic mass is 9.71. The molecule has 2 aromatic carbocycles. The third-order valence-corrected chi connectivity index (χ3v) is 7.08. The quantitative estimate of drug-likeness (QED) is 0.353. The summed E-state index contributed by atoms with van der Waals surface area (Å²) in [4.78, 5) is 29.0. The van der Waals surface area contributed by atoms with Crippen LogP contribution in [0.2, 0.25) is 0 Å². The van der Waals surface area contributed by atoms with Gasteiger partial charge in [-0.25, -0.2) is 4.79 Å². The van der Waals surface area contributed by atoms with Gasteiger partial charge in [0.05, 0.1) is 17.4 Å². The van der Waals surface area contributed by atoms with Crippen molar-refractivity contribution in [1.29, 1.82) is 0 Å². The van der Waals surface area contributed by atoms with Crippen LogP contribution >= 0.6 is 0 Å². The second kappa shape index (κ2) is 9.13. The number of anilines is 2. The molecule has 2 atom stereocenters. The molecule has 0 aromatic heterocycles. The Morgan fingerprint density at radius 3 is 2.59 bits per heavy atom. The molecule has 0 saturated carbocycles. The van der Waals surface area contributed by atoms with Gasteiger partial charge < -0.3 is 15.0 Å². The van der Waals surface area contributed by atoms with E-state index in [1.54, 1.807) is 12.1 Å². The molecule has 1 heterocycles. The minimum Gasteiger partial charge on any atom is -0.425 e. The fraction of sp³-hybridized carbons (Fsp3) is 0.379. The van der Waals surface area contributed by atoms with Gasteiger partial charge in [0.15, 0.2) is 5.78 Å². The second-order valence-electron chi connectivity index (χ2n) is 10.4. The summed E-state index contributed by atoms with van der Waals surface area (Å²) in [5.41, 5.74) is 3.63. The molecule has 2 aromatic rings. The number of allylic oxidation sites excluding steroid dienone is 3. The van der Waals surface area contributed by atoms with Crippen LogP contribution in [0.4, 0.5) is 11.4 Å². The number of nitrogens with zero attached hydrogens (tertiary/aromatic N) is 1. The van der Waals surface area contributed by atoms with Gasteiger partial charge in [0, 0.05) is 17.7 Å². The summed E-state index contributed by atoms with van der Waals surface area (Å²) in [6.07, 6.45) is 8.63. The first-order valence-electron chi connectivity index (χ1n) is 12.2. The maximum absolute atomic E-state index is 13.7. The number of ether oxygens (including phenoxy) is 1. The molecule has 0 saturated heterocycles. The van der Waals surface area contributed by atoms with Crippen LogP contribution in [0.15, 0.2) is 78.0 Å². The van der Waals surface area contributed by atoms with E-state index in [0.717, 1.165) is 48.3 Å². The van der Waals surface area contributed by atoms with Crippen molar-refractivity contribution in [1.82, 2.24) is 0 Å². The summed E-state index contributed by atoms with van der Waals surface area (Å²) in [5.74, 6) is 0.636. The Hall–Kier alpha value is -3.34. The van der Waals surface area contributed by atoms with Crippen LogP contribution in [-0.4, -0.2) is 24.3 Å². The Kier molecular flexibility index (Phi) is 6.03. The summed E-state index contributed by atoms with van der Waals surface area (Å²) in [7, 11) is 0. The van der Waals surface area contributed by atoms with Gasteiger partial charge in [-0.3, -0.25) is 4.79 Å². The van der Waals surface area contributed by atoms with Crippen molar-refractivity contribution in [3.05, 3.63) is 78.0 Å². The minimum atomic E-state index is -0.329. The molecule has 5 nitrogen and oxygen atoms in total. The van der Waals surface area contributed by atoms with Crippen LogP contribution in [0.3, 0.4) is 0 Å². The molecule has 1 N–H and O–H groups in total. The first kappa shape index (κ1) is 22.5. The molecule has 2 aliphatic carbocycles. The highest BCUT2D eigenvalue weighted by molar-refractivity contribution is 6.01. The normalized spacial score (nSPS) is 23.5. The Morgan fingerprint density at radius 1 is 1.06 bits per heavy atom. The average molecular weight is 457 g/mol. The molecule has 0 spiro atoms. The maximum Gasteiger partial charge on any atom is 0.330 e. The van der Waals surface area contributed by atoms with Crippen molar-refractivity contribution in [3.8, 4) is 5.75 Å². The summed E-state index contributed by atoms with van der Waals surface area (Å²) in [6.45, 7) is 4.38. The molecular formula is C29H32N2O3. The van der Waals surface area contributed by atoms with Gasteiger partial charge in [0.1, 0.15) is 12.3 Å².